The zero-order chi connectivity index (χ0) is 13.5. The average molecular weight is 267 g/mol. The molecule has 0 saturated carbocycles. The molecule has 20 heavy (non-hydrogen) atoms. The van der Waals surface area contributed by atoms with Crippen molar-refractivity contribution >= 4 is 0 Å². The van der Waals surface area contributed by atoms with Crippen LogP contribution in [0, 0.1) is 11.7 Å². The van der Waals surface area contributed by atoms with Gasteiger partial charge in [-0.15, -0.1) is 0 Å². The Balaban J connectivity index is 1.80. The second kappa shape index (κ2) is 4.71. The fraction of sp³-hybridized carbons (Fsp3) is 0.333. The van der Waals surface area contributed by atoms with Crippen LogP contribution in [0.5, 0.6) is 0 Å². The molecule has 0 bridgehead atoms. The molecule has 102 valence electrons. The summed E-state index contributed by atoms with van der Waals surface area (Å²) in [6.07, 6.45) is 2.17. The first kappa shape index (κ1) is 12.1. The summed E-state index contributed by atoms with van der Waals surface area (Å²) in [5, 5.41) is 3.61. The molecule has 1 N–H and O–H groups in total. The molecule has 1 fully saturated rings. The lowest BCUT2D eigenvalue weighted by Gasteiger charge is -2.36. The Kier molecular flexibility index (Phi) is 2.85. The van der Waals surface area contributed by atoms with E-state index in [9.17, 15) is 4.39 Å². The molecule has 2 aromatic carbocycles. The Bertz CT molecular complexity index is 623. The number of nitrogens with one attached hydrogen (secondary N) is 1. The van der Waals surface area contributed by atoms with Gasteiger partial charge in [-0.25, -0.2) is 4.39 Å². The van der Waals surface area contributed by atoms with Gasteiger partial charge in [0.05, 0.1) is 0 Å². The molecular formula is C18H18FN. The van der Waals surface area contributed by atoms with Crippen LogP contribution < -0.4 is 5.32 Å². The first-order chi connectivity index (χ1) is 9.83. The third-order valence-electron chi connectivity index (χ3n) is 4.89. The quantitative estimate of drug-likeness (QED) is 0.828. The van der Waals surface area contributed by atoms with Gasteiger partial charge in [-0.05, 0) is 60.0 Å². The molecular weight excluding hydrogens is 249 g/mol. The lowest BCUT2D eigenvalue weighted by atomic mass is 9.70. The van der Waals surface area contributed by atoms with Gasteiger partial charge in [-0.3, -0.25) is 0 Å². The molecule has 0 radical (unpaired) electrons. The van der Waals surface area contributed by atoms with Gasteiger partial charge >= 0.3 is 0 Å². The highest BCUT2D eigenvalue weighted by Gasteiger charge is 2.40. The first-order valence-corrected chi connectivity index (χ1v) is 7.39. The van der Waals surface area contributed by atoms with Crippen LogP contribution in [0.15, 0.2) is 48.5 Å². The Morgan fingerprint density at radius 2 is 1.90 bits per heavy atom. The molecule has 2 heteroatoms. The fourth-order valence-corrected chi connectivity index (χ4v) is 4.01. The minimum absolute atomic E-state index is 0.119. The zero-order valence-corrected chi connectivity index (χ0v) is 11.4. The smallest absolute Gasteiger partial charge is 0.123 e. The maximum atomic E-state index is 13.5. The number of fused-ring (bicyclic) bond motifs is 3. The molecule has 1 aliphatic carbocycles. The number of hydrogen-bond acceptors (Lipinski definition) is 1. The van der Waals surface area contributed by atoms with E-state index in [4.69, 9.17) is 0 Å². The summed E-state index contributed by atoms with van der Waals surface area (Å²) in [5.41, 5.74) is 3.87. The second-order valence-corrected chi connectivity index (χ2v) is 5.95. The van der Waals surface area contributed by atoms with Gasteiger partial charge in [0.15, 0.2) is 0 Å². The Morgan fingerprint density at radius 1 is 1.05 bits per heavy atom. The van der Waals surface area contributed by atoms with Crippen molar-refractivity contribution in [2.24, 2.45) is 5.92 Å². The summed E-state index contributed by atoms with van der Waals surface area (Å²) < 4.78 is 13.5. The van der Waals surface area contributed by atoms with Crippen molar-refractivity contribution in [1.82, 2.24) is 5.32 Å². The second-order valence-electron chi connectivity index (χ2n) is 5.95. The van der Waals surface area contributed by atoms with Crippen LogP contribution in [0.2, 0.25) is 0 Å². The Labute approximate surface area is 118 Å². The highest BCUT2D eigenvalue weighted by molar-refractivity contribution is 5.39. The topological polar surface area (TPSA) is 12.0 Å². The lowest BCUT2D eigenvalue weighted by Crippen LogP contribution is -2.29. The number of halogens is 1. The maximum absolute atomic E-state index is 13.5. The van der Waals surface area contributed by atoms with Crippen LogP contribution >= 0.6 is 0 Å². The molecule has 2 aromatic rings. The van der Waals surface area contributed by atoms with Gasteiger partial charge in [0.25, 0.3) is 0 Å². The number of rotatable bonds is 1. The summed E-state index contributed by atoms with van der Waals surface area (Å²) in [6.45, 7) is 1.06. The maximum Gasteiger partial charge on any atom is 0.123 e. The average Bonchev–Trinajstić information content (AvgIpc) is 2.96. The summed E-state index contributed by atoms with van der Waals surface area (Å²) >= 11 is 0. The van der Waals surface area contributed by atoms with Gasteiger partial charge in [0.2, 0.25) is 0 Å². The van der Waals surface area contributed by atoms with Crippen molar-refractivity contribution in [2.75, 3.05) is 6.54 Å². The highest BCUT2D eigenvalue weighted by Crippen LogP contribution is 2.47. The summed E-state index contributed by atoms with van der Waals surface area (Å²) in [5.74, 6) is 1.02. The summed E-state index contributed by atoms with van der Waals surface area (Å²) in [7, 11) is 0. The van der Waals surface area contributed by atoms with Gasteiger partial charge in [-0.2, -0.15) is 0 Å². The van der Waals surface area contributed by atoms with Gasteiger partial charge in [-0.1, -0.05) is 36.4 Å². The molecule has 0 amide bonds. The van der Waals surface area contributed by atoms with Crippen molar-refractivity contribution in [1.29, 1.82) is 0 Å². The number of hydrogen-bond donors (Lipinski definition) is 1. The Hall–Kier alpha value is -1.67. The summed E-state index contributed by atoms with van der Waals surface area (Å²) in [4.78, 5) is 0. The van der Waals surface area contributed by atoms with E-state index in [0.717, 1.165) is 13.0 Å². The molecule has 1 heterocycles. The van der Waals surface area contributed by atoms with Crippen molar-refractivity contribution < 1.29 is 4.39 Å². The minimum Gasteiger partial charge on any atom is -0.310 e. The fourth-order valence-electron chi connectivity index (χ4n) is 4.01. The molecule has 3 unspecified atom stereocenters. The molecule has 1 saturated heterocycles. The van der Waals surface area contributed by atoms with Crippen LogP contribution in [0.3, 0.4) is 0 Å². The van der Waals surface area contributed by atoms with E-state index in [1.165, 1.54) is 23.1 Å². The van der Waals surface area contributed by atoms with Crippen molar-refractivity contribution in [3.05, 3.63) is 71.0 Å². The van der Waals surface area contributed by atoms with E-state index < -0.39 is 0 Å². The molecule has 4 rings (SSSR count). The van der Waals surface area contributed by atoms with Crippen molar-refractivity contribution in [3.63, 3.8) is 0 Å². The molecule has 1 aliphatic heterocycles. The van der Waals surface area contributed by atoms with Gasteiger partial charge < -0.3 is 5.32 Å². The third-order valence-corrected chi connectivity index (χ3v) is 4.89. The van der Waals surface area contributed by atoms with Crippen LogP contribution in [-0.4, -0.2) is 6.54 Å². The molecule has 0 aromatic heterocycles. The SMILES string of the molecule is Fc1ccc2c(c1)CC(c1ccccc1)C1CCNC21. The molecule has 1 nitrogen and oxygen atoms in total. The van der Waals surface area contributed by atoms with E-state index in [1.807, 2.05) is 6.07 Å². The van der Waals surface area contributed by atoms with Crippen LogP contribution in [0.1, 0.15) is 35.1 Å². The monoisotopic (exact) mass is 267 g/mol. The van der Waals surface area contributed by atoms with Crippen molar-refractivity contribution in [2.45, 2.75) is 24.8 Å². The van der Waals surface area contributed by atoms with Crippen LogP contribution in [0.25, 0.3) is 0 Å². The Morgan fingerprint density at radius 3 is 2.75 bits per heavy atom. The van der Waals surface area contributed by atoms with E-state index in [0.29, 0.717) is 17.9 Å². The number of benzene rings is 2. The van der Waals surface area contributed by atoms with E-state index in [2.05, 4.69) is 35.6 Å². The molecule has 2 aliphatic rings. The van der Waals surface area contributed by atoms with Gasteiger partial charge in [0, 0.05) is 6.04 Å². The van der Waals surface area contributed by atoms with Gasteiger partial charge in [0.1, 0.15) is 5.82 Å². The van der Waals surface area contributed by atoms with E-state index >= 15 is 0 Å². The first-order valence-electron chi connectivity index (χ1n) is 7.39. The lowest BCUT2D eigenvalue weighted by molar-refractivity contribution is 0.351. The predicted molar refractivity (Wildman–Crippen MR) is 78.1 cm³/mol. The van der Waals surface area contributed by atoms with Crippen LogP contribution in [-0.2, 0) is 6.42 Å². The third kappa shape index (κ3) is 1.87. The largest absolute Gasteiger partial charge is 0.310 e. The molecule has 3 atom stereocenters. The van der Waals surface area contributed by atoms with E-state index in [-0.39, 0.29) is 5.82 Å². The molecule has 0 spiro atoms. The van der Waals surface area contributed by atoms with E-state index in [1.54, 1.807) is 12.1 Å². The minimum atomic E-state index is -0.119. The zero-order valence-electron chi connectivity index (χ0n) is 11.4. The standard InChI is InChI=1S/C18H18FN/c19-14-6-7-15-13(10-14)11-17(12-4-2-1-3-5-12)16-8-9-20-18(15)16/h1-7,10,16-18,20H,8-9,11H2. The van der Waals surface area contributed by atoms with Crippen molar-refractivity contribution in [3.8, 4) is 0 Å². The summed E-state index contributed by atoms with van der Waals surface area (Å²) in [6, 6.07) is 16.4. The predicted octanol–water partition coefficient (Wildman–Crippen LogP) is 3.82. The van der Waals surface area contributed by atoms with Crippen LogP contribution in [0.4, 0.5) is 4.39 Å². The highest BCUT2D eigenvalue weighted by atomic mass is 19.1. The normalized spacial score (nSPS) is 27.9.